The van der Waals surface area contributed by atoms with Gasteiger partial charge in [0.15, 0.2) is 5.75 Å². The molecule has 0 aliphatic heterocycles. The number of rotatable bonds is 4. The zero-order valence-electron chi connectivity index (χ0n) is 10.9. The normalized spacial score (nSPS) is 10.6. The molecule has 2 rings (SSSR count). The number of hydrogen-bond acceptors (Lipinski definition) is 3. The number of furan rings is 1. The summed E-state index contributed by atoms with van der Waals surface area (Å²) < 4.78 is 10.9. The summed E-state index contributed by atoms with van der Waals surface area (Å²) in [5, 5.41) is 0.829. The topological polar surface area (TPSA) is 42.7 Å². The molecule has 0 N–H and O–H groups in total. The summed E-state index contributed by atoms with van der Waals surface area (Å²) in [5.74, 6) is 0.665. The lowest BCUT2D eigenvalue weighted by molar-refractivity contribution is 0.0739. The van der Waals surface area contributed by atoms with Crippen molar-refractivity contribution in [2.75, 3.05) is 20.2 Å². The average molecular weight is 247 g/mol. The zero-order chi connectivity index (χ0) is 13.1. The van der Waals surface area contributed by atoms with Gasteiger partial charge >= 0.3 is 0 Å². The van der Waals surface area contributed by atoms with E-state index in [0.717, 1.165) is 5.39 Å². The van der Waals surface area contributed by atoms with Crippen LogP contribution in [0.15, 0.2) is 28.7 Å². The molecule has 18 heavy (non-hydrogen) atoms. The quantitative estimate of drug-likeness (QED) is 0.834. The van der Waals surface area contributed by atoms with Crippen molar-refractivity contribution in [3.05, 3.63) is 30.0 Å². The van der Waals surface area contributed by atoms with Crippen molar-refractivity contribution in [3.8, 4) is 5.75 Å². The van der Waals surface area contributed by atoms with E-state index < -0.39 is 0 Å². The van der Waals surface area contributed by atoms with E-state index in [9.17, 15) is 4.79 Å². The van der Waals surface area contributed by atoms with E-state index >= 15 is 0 Å². The average Bonchev–Trinajstić information content (AvgIpc) is 2.78. The van der Waals surface area contributed by atoms with Gasteiger partial charge in [0.1, 0.15) is 5.58 Å². The Morgan fingerprint density at radius 1 is 1.28 bits per heavy atom. The van der Waals surface area contributed by atoms with Gasteiger partial charge in [-0.3, -0.25) is 4.79 Å². The Kier molecular flexibility index (Phi) is 3.55. The van der Waals surface area contributed by atoms with Gasteiger partial charge in [-0.25, -0.2) is 0 Å². The van der Waals surface area contributed by atoms with Crippen LogP contribution in [0.5, 0.6) is 5.75 Å². The van der Waals surface area contributed by atoms with Crippen molar-refractivity contribution < 1.29 is 13.9 Å². The van der Waals surface area contributed by atoms with E-state index in [2.05, 4.69) is 0 Å². The molecule has 0 aliphatic carbocycles. The molecule has 96 valence electrons. The fourth-order valence-corrected chi connectivity index (χ4v) is 2.02. The Morgan fingerprint density at radius 3 is 2.56 bits per heavy atom. The van der Waals surface area contributed by atoms with Crippen LogP contribution in [0.4, 0.5) is 0 Å². The summed E-state index contributed by atoms with van der Waals surface area (Å²) >= 11 is 0. The minimum absolute atomic E-state index is 0.131. The van der Waals surface area contributed by atoms with Crippen LogP contribution in [0.1, 0.15) is 24.4 Å². The van der Waals surface area contributed by atoms with Gasteiger partial charge in [0.25, 0.3) is 5.91 Å². The fraction of sp³-hybridized carbons (Fsp3) is 0.357. The molecule has 0 atom stereocenters. The predicted octanol–water partition coefficient (Wildman–Crippen LogP) is 2.92. The molecule has 4 heteroatoms. The Labute approximate surface area is 106 Å². The Balaban J connectivity index is 2.53. The standard InChI is InChI=1S/C14H17NO3/c1-4-15(5-2)14(16)13-12(17-3)10-8-6-7-9-11(10)18-13/h6-9H,4-5H2,1-3H3. The van der Waals surface area contributed by atoms with Crippen LogP contribution in [0.25, 0.3) is 11.0 Å². The van der Waals surface area contributed by atoms with Crippen molar-refractivity contribution in [2.45, 2.75) is 13.8 Å². The number of hydrogen-bond donors (Lipinski definition) is 0. The van der Waals surface area contributed by atoms with Crippen molar-refractivity contribution in [2.24, 2.45) is 0 Å². The molecular formula is C14H17NO3. The minimum atomic E-state index is -0.131. The first-order valence-corrected chi connectivity index (χ1v) is 6.07. The number of fused-ring (bicyclic) bond motifs is 1. The fourth-order valence-electron chi connectivity index (χ4n) is 2.02. The number of carbonyl (C=O) groups is 1. The number of amides is 1. The molecule has 0 saturated heterocycles. The van der Waals surface area contributed by atoms with Crippen LogP contribution in [0.2, 0.25) is 0 Å². The largest absolute Gasteiger partial charge is 0.492 e. The second-order valence-corrected chi connectivity index (χ2v) is 3.94. The van der Waals surface area contributed by atoms with Gasteiger partial charge in [-0.1, -0.05) is 12.1 Å². The number of carbonyl (C=O) groups excluding carboxylic acids is 1. The number of methoxy groups -OCH3 is 1. The maximum Gasteiger partial charge on any atom is 0.293 e. The van der Waals surface area contributed by atoms with Gasteiger partial charge in [-0.15, -0.1) is 0 Å². The molecule has 0 saturated carbocycles. The molecule has 4 nitrogen and oxygen atoms in total. The lowest BCUT2D eigenvalue weighted by Crippen LogP contribution is -2.30. The third-order valence-corrected chi connectivity index (χ3v) is 3.00. The molecule has 0 spiro atoms. The van der Waals surface area contributed by atoms with Crippen molar-refractivity contribution >= 4 is 16.9 Å². The molecule has 0 aliphatic rings. The summed E-state index contributed by atoms with van der Waals surface area (Å²) in [7, 11) is 1.55. The smallest absolute Gasteiger partial charge is 0.293 e. The zero-order valence-corrected chi connectivity index (χ0v) is 10.9. The van der Waals surface area contributed by atoms with Crippen LogP contribution in [0, 0.1) is 0 Å². The Morgan fingerprint density at radius 2 is 1.94 bits per heavy atom. The molecule has 0 bridgehead atoms. The first-order chi connectivity index (χ1) is 8.72. The van der Waals surface area contributed by atoms with Crippen molar-refractivity contribution in [3.63, 3.8) is 0 Å². The number of benzene rings is 1. The maximum absolute atomic E-state index is 12.3. The molecule has 0 radical (unpaired) electrons. The maximum atomic E-state index is 12.3. The number of nitrogens with zero attached hydrogens (tertiary/aromatic N) is 1. The van der Waals surface area contributed by atoms with Crippen LogP contribution in [0.3, 0.4) is 0 Å². The first kappa shape index (κ1) is 12.5. The highest BCUT2D eigenvalue weighted by molar-refractivity contribution is 6.01. The second kappa shape index (κ2) is 5.12. The van der Waals surface area contributed by atoms with Gasteiger partial charge in [0.05, 0.1) is 12.5 Å². The third kappa shape index (κ3) is 1.94. The number of para-hydroxylation sites is 1. The van der Waals surface area contributed by atoms with E-state index in [1.54, 1.807) is 12.0 Å². The van der Waals surface area contributed by atoms with Gasteiger partial charge in [-0.05, 0) is 26.0 Å². The second-order valence-electron chi connectivity index (χ2n) is 3.94. The van der Waals surface area contributed by atoms with E-state index in [1.807, 2.05) is 38.1 Å². The minimum Gasteiger partial charge on any atom is -0.492 e. The van der Waals surface area contributed by atoms with Gasteiger partial charge < -0.3 is 14.1 Å². The molecule has 1 aromatic carbocycles. The van der Waals surface area contributed by atoms with Crippen LogP contribution < -0.4 is 4.74 Å². The first-order valence-electron chi connectivity index (χ1n) is 6.07. The summed E-state index contributed by atoms with van der Waals surface area (Å²) in [5.41, 5.74) is 0.671. The van der Waals surface area contributed by atoms with E-state index in [4.69, 9.17) is 9.15 Å². The van der Waals surface area contributed by atoms with Gasteiger partial charge in [0, 0.05) is 13.1 Å². The van der Waals surface area contributed by atoms with E-state index in [1.165, 1.54) is 0 Å². The summed E-state index contributed by atoms with van der Waals surface area (Å²) in [6.45, 7) is 5.18. The molecule has 2 aromatic rings. The van der Waals surface area contributed by atoms with Gasteiger partial charge in [0.2, 0.25) is 5.76 Å². The number of ether oxygens (including phenoxy) is 1. The van der Waals surface area contributed by atoms with Crippen molar-refractivity contribution in [1.29, 1.82) is 0 Å². The molecule has 0 fully saturated rings. The highest BCUT2D eigenvalue weighted by Gasteiger charge is 2.24. The highest BCUT2D eigenvalue weighted by Crippen LogP contribution is 2.33. The molecule has 1 amide bonds. The highest BCUT2D eigenvalue weighted by atomic mass is 16.5. The lowest BCUT2D eigenvalue weighted by atomic mass is 10.2. The molecule has 0 unspecified atom stereocenters. The third-order valence-electron chi connectivity index (χ3n) is 3.00. The molecule has 1 aromatic heterocycles. The monoisotopic (exact) mass is 247 g/mol. The summed E-state index contributed by atoms with van der Waals surface area (Å²) in [4.78, 5) is 14.0. The van der Waals surface area contributed by atoms with E-state index in [-0.39, 0.29) is 11.7 Å². The molecule has 1 heterocycles. The van der Waals surface area contributed by atoms with E-state index in [0.29, 0.717) is 24.4 Å². The van der Waals surface area contributed by atoms with Gasteiger partial charge in [-0.2, -0.15) is 0 Å². The van der Waals surface area contributed by atoms with Crippen LogP contribution in [-0.2, 0) is 0 Å². The van der Waals surface area contributed by atoms with Crippen LogP contribution >= 0.6 is 0 Å². The van der Waals surface area contributed by atoms with Crippen molar-refractivity contribution in [1.82, 2.24) is 4.90 Å². The van der Waals surface area contributed by atoms with Crippen LogP contribution in [-0.4, -0.2) is 31.0 Å². The molecular weight excluding hydrogens is 230 g/mol. The Bertz CT molecular complexity index is 555. The predicted molar refractivity (Wildman–Crippen MR) is 70.0 cm³/mol. The lowest BCUT2D eigenvalue weighted by Gasteiger charge is -2.17. The SMILES string of the molecule is CCN(CC)C(=O)c1oc2ccccc2c1OC. The summed E-state index contributed by atoms with van der Waals surface area (Å²) in [6.07, 6.45) is 0. The summed E-state index contributed by atoms with van der Waals surface area (Å²) in [6, 6.07) is 7.48. The Hall–Kier alpha value is -1.97.